The van der Waals surface area contributed by atoms with Gasteiger partial charge < -0.3 is 27.0 Å². The smallest absolute Gasteiger partial charge is 0.106 e. The van der Waals surface area contributed by atoms with Crippen LogP contribution in [0.4, 0.5) is 0 Å². The molecule has 0 aromatic heterocycles. The Morgan fingerprint density at radius 2 is 1.25 bits per heavy atom. The van der Waals surface area contributed by atoms with Crippen molar-refractivity contribution in [1.29, 1.82) is 0 Å². The Hall–Kier alpha value is 0.660. The molecule has 0 rings (SSSR count). The zero-order valence-electron chi connectivity index (χ0n) is 9.16. The van der Waals surface area contributed by atoms with Crippen LogP contribution in [0.25, 0.3) is 0 Å². The van der Waals surface area contributed by atoms with E-state index in [4.69, 9.17) is 16.4 Å². The van der Waals surface area contributed by atoms with E-state index in [0.29, 0.717) is 0 Å². The first kappa shape index (κ1) is 54.5. The molecule has 0 saturated carbocycles. The van der Waals surface area contributed by atoms with Crippen LogP contribution in [-0.4, -0.2) is 17.7 Å². The molecule has 0 aliphatic rings. The Morgan fingerprint density at radius 1 is 1.19 bits per heavy atom. The van der Waals surface area contributed by atoms with Gasteiger partial charge in [-0.25, -0.2) is 0 Å². The Labute approximate surface area is 109 Å². The van der Waals surface area contributed by atoms with Gasteiger partial charge in [0, 0.05) is 9.47 Å². The molecule has 0 radical (unpaired) electrons. The second-order valence-electron chi connectivity index (χ2n) is 1.25. The zero-order valence-corrected chi connectivity index (χ0v) is 11.5. The van der Waals surface area contributed by atoms with Crippen LogP contribution in [0.5, 0.6) is 0 Å². The van der Waals surface area contributed by atoms with Crippen LogP contribution in [0.15, 0.2) is 0 Å². The molecular weight excluding hydrogens is 244 g/mol. The molecule has 0 aliphatic carbocycles. The first-order chi connectivity index (χ1) is 5.68. The van der Waals surface area contributed by atoms with Crippen molar-refractivity contribution in [1.82, 2.24) is 6.15 Å². The van der Waals surface area contributed by atoms with Crippen LogP contribution in [0, 0.1) is 0 Å². The summed E-state index contributed by atoms with van der Waals surface area (Å²) in [6, 6.07) is 0. The van der Waals surface area contributed by atoms with Gasteiger partial charge in [0.15, 0.2) is 0 Å². The largest absolute Gasteiger partial charge is 0.380 e. The summed E-state index contributed by atoms with van der Waals surface area (Å²) in [6.45, 7) is 8.41. The van der Waals surface area contributed by atoms with Crippen LogP contribution in [0.1, 0.15) is 50.0 Å². The normalized spacial score (nSPS) is 6.56. The molecule has 5 nitrogen and oxygen atoms in total. The van der Waals surface area contributed by atoms with E-state index in [2.05, 4.69) is 14.0 Å². The third-order valence-corrected chi connectivity index (χ3v) is 0.644. The van der Waals surface area contributed by atoms with Crippen molar-refractivity contribution in [3.8, 4) is 0 Å². The molecular formula is C9H39N3O2P2. The quantitative estimate of drug-likeness (QED) is 0.436. The summed E-state index contributed by atoms with van der Waals surface area (Å²) in [4.78, 5) is 6.92. The molecule has 8 N–H and O–H groups in total. The Balaban J connectivity index is -0.00000000880. The predicted molar refractivity (Wildman–Crippen MR) is 87.7 cm³/mol. The monoisotopic (exact) mass is 283 g/mol. The van der Waals surface area contributed by atoms with Gasteiger partial charge in [-0.3, -0.25) is 0 Å². The maximum absolute atomic E-state index is 6.92. The van der Waals surface area contributed by atoms with Gasteiger partial charge in [-0.2, -0.15) is 0 Å². The zero-order chi connectivity index (χ0) is 11.0. The minimum Gasteiger partial charge on any atom is -0.380 e. The molecule has 16 heavy (non-hydrogen) atoms. The summed E-state index contributed by atoms with van der Waals surface area (Å²) in [7, 11) is 3.49. The number of nitrogens with two attached hydrogens (primary N) is 2. The number of hydrogen-bond donors (Lipinski definition) is 4. The fourth-order valence-electron chi connectivity index (χ4n) is 0. The van der Waals surface area contributed by atoms with Crippen molar-refractivity contribution in [2.45, 2.75) is 56.2 Å². The Kier molecular flexibility index (Phi) is 358. The summed E-state index contributed by atoms with van der Waals surface area (Å²) in [5, 5.41) is 0. The van der Waals surface area contributed by atoms with Gasteiger partial charge in [0.1, 0.15) is 6.23 Å². The van der Waals surface area contributed by atoms with Crippen molar-refractivity contribution in [2.75, 3.05) is 6.54 Å². The van der Waals surface area contributed by atoms with Crippen LogP contribution in [0.2, 0.25) is 0 Å². The third kappa shape index (κ3) is 387. The average molecular weight is 283 g/mol. The van der Waals surface area contributed by atoms with Crippen molar-refractivity contribution in [2.24, 2.45) is 11.5 Å². The minimum absolute atomic E-state index is 0. The lowest BCUT2D eigenvalue weighted by atomic mass is 10.7. The van der Waals surface area contributed by atoms with Crippen molar-refractivity contribution in [3.05, 3.63) is 0 Å². The van der Waals surface area contributed by atoms with Crippen LogP contribution < -0.4 is 17.6 Å². The second-order valence-corrected chi connectivity index (χ2v) is 1.52. The second kappa shape index (κ2) is 105. The first-order valence-corrected chi connectivity index (χ1v) is 4.74. The molecule has 3 unspecified atom stereocenters. The van der Waals surface area contributed by atoms with E-state index >= 15 is 0 Å². The van der Waals surface area contributed by atoms with Crippen LogP contribution in [-0.2, 0) is 4.52 Å². The Morgan fingerprint density at radius 3 is 1.25 bits per heavy atom. The highest BCUT2D eigenvalue weighted by molar-refractivity contribution is 7.09. The molecule has 0 amide bonds. The topological polar surface area (TPSA) is 116 Å². The molecule has 0 heterocycles. The van der Waals surface area contributed by atoms with E-state index in [1.54, 1.807) is 6.92 Å². The van der Waals surface area contributed by atoms with E-state index < -0.39 is 0 Å². The molecule has 0 bridgehead atoms. The SMILES string of the molecule is C.C.C.CC.CC(N)OP.CCN.N.OP. The van der Waals surface area contributed by atoms with E-state index in [1.165, 1.54) is 9.47 Å². The van der Waals surface area contributed by atoms with E-state index in [1.807, 2.05) is 20.8 Å². The van der Waals surface area contributed by atoms with Gasteiger partial charge >= 0.3 is 0 Å². The van der Waals surface area contributed by atoms with Gasteiger partial charge in [0.25, 0.3) is 0 Å². The highest BCUT2D eigenvalue weighted by Gasteiger charge is 1.78. The molecule has 0 aromatic rings. The van der Waals surface area contributed by atoms with Crippen molar-refractivity contribution >= 4 is 18.9 Å². The standard InChI is InChI=1S/C2H8NOP.C2H7N.C2H6.3CH4.H3N.H3OP/c1-2(3)4-5;1-2-3;1-2;;;;;1-2/h2H,3,5H2,1H3;2-3H2,1H3;1-2H3;3*1H4;1H3;1H,2H2. The molecule has 0 spiro atoms. The molecule has 0 aliphatic heterocycles. The summed E-state index contributed by atoms with van der Waals surface area (Å²) < 4.78 is 4.44. The van der Waals surface area contributed by atoms with Gasteiger partial charge in [-0.05, 0) is 22.9 Å². The van der Waals surface area contributed by atoms with Gasteiger partial charge in [0.05, 0.1) is 0 Å². The van der Waals surface area contributed by atoms with E-state index in [-0.39, 0.29) is 34.7 Å². The van der Waals surface area contributed by atoms with Gasteiger partial charge in [0.2, 0.25) is 0 Å². The van der Waals surface area contributed by atoms with Crippen molar-refractivity contribution < 1.29 is 9.42 Å². The fraction of sp³-hybridized carbons (Fsp3) is 1.00. The highest BCUT2D eigenvalue weighted by atomic mass is 31.0. The average Bonchev–Trinajstić information content (AvgIpc) is 2.13. The molecule has 3 atom stereocenters. The number of rotatable bonds is 1. The molecule has 0 aromatic carbocycles. The summed E-state index contributed by atoms with van der Waals surface area (Å²) in [5.41, 5.74) is 9.90. The number of hydrogen-bond acceptors (Lipinski definition) is 5. The predicted octanol–water partition coefficient (Wildman–Crippen LogP) is 2.93. The molecule has 112 valence electrons. The lowest BCUT2D eigenvalue weighted by molar-refractivity contribution is 0.273. The molecule has 7 heteroatoms. The van der Waals surface area contributed by atoms with Gasteiger partial charge in [-0.15, -0.1) is 0 Å². The van der Waals surface area contributed by atoms with Crippen molar-refractivity contribution in [3.63, 3.8) is 0 Å². The minimum atomic E-state index is -0.153. The maximum Gasteiger partial charge on any atom is 0.106 e. The Bertz CT molecular complexity index is 47.9. The summed E-state index contributed by atoms with van der Waals surface area (Å²) in [6.07, 6.45) is -0.153. The summed E-state index contributed by atoms with van der Waals surface area (Å²) in [5.74, 6) is 0. The first-order valence-electron chi connectivity index (χ1n) is 3.76. The van der Waals surface area contributed by atoms with Crippen LogP contribution >= 0.6 is 18.9 Å². The lowest BCUT2D eigenvalue weighted by Crippen LogP contribution is -2.13. The summed E-state index contributed by atoms with van der Waals surface area (Å²) >= 11 is 0. The third-order valence-electron chi connectivity index (χ3n) is 0.215. The highest BCUT2D eigenvalue weighted by Crippen LogP contribution is 1.85. The fourth-order valence-corrected chi connectivity index (χ4v) is 0. The lowest BCUT2D eigenvalue weighted by Gasteiger charge is -1.95. The van der Waals surface area contributed by atoms with E-state index in [9.17, 15) is 0 Å². The van der Waals surface area contributed by atoms with Crippen LogP contribution in [0.3, 0.4) is 0 Å². The molecule has 0 fully saturated rings. The van der Waals surface area contributed by atoms with E-state index in [0.717, 1.165) is 6.54 Å². The van der Waals surface area contributed by atoms with Gasteiger partial charge in [-0.1, -0.05) is 43.1 Å². The maximum atomic E-state index is 6.92. The molecule has 0 saturated heterocycles.